The second-order valence-electron chi connectivity index (χ2n) is 16.4. The van der Waals surface area contributed by atoms with E-state index in [2.05, 4.69) is 0 Å². The van der Waals surface area contributed by atoms with Crippen molar-refractivity contribution in [2.75, 3.05) is 27.4 Å². The molecule has 15 nitrogen and oxygen atoms in total. The Morgan fingerprint density at radius 1 is 0.961 bits per heavy atom. The van der Waals surface area contributed by atoms with Gasteiger partial charge in [0.25, 0.3) is 5.79 Å². The second kappa shape index (κ2) is 10.5. The molecule has 0 amide bonds. The summed E-state index contributed by atoms with van der Waals surface area (Å²) in [6.45, 7) is 7.38. The summed E-state index contributed by atoms with van der Waals surface area (Å²) < 4.78 is 47.7. The molecule has 4 aliphatic carbocycles. The van der Waals surface area contributed by atoms with E-state index in [9.17, 15) is 34.5 Å². The summed E-state index contributed by atoms with van der Waals surface area (Å²) in [6, 6.07) is 0. The van der Waals surface area contributed by atoms with Crippen LogP contribution in [-0.4, -0.2) is 115 Å². The van der Waals surface area contributed by atoms with Crippen LogP contribution in [0.25, 0.3) is 0 Å². The highest BCUT2D eigenvalue weighted by molar-refractivity contribution is 5.88. The van der Waals surface area contributed by atoms with E-state index in [0.717, 1.165) is 7.11 Å². The van der Waals surface area contributed by atoms with Crippen molar-refractivity contribution in [3.05, 3.63) is 24.0 Å². The largest absolute Gasteiger partial charge is 0.469 e. The Morgan fingerprint density at radius 3 is 2.31 bits per heavy atom. The summed E-state index contributed by atoms with van der Waals surface area (Å²) in [4.78, 5) is 54.5. The number of rotatable bonds is 6. The second-order valence-corrected chi connectivity index (χ2v) is 16.4. The van der Waals surface area contributed by atoms with Crippen molar-refractivity contribution in [3.8, 4) is 0 Å². The molecule has 0 aromatic rings. The van der Waals surface area contributed by atoms with Crippen molar-refractivity contribution in [1.82, 2.24) is 0 Å². The molecule has 3 saturated heterocycles. The third kappa shape index (κ3) is 3.66. The van der Waals surface area contributed by atoms with Gasteiger partial charge >= 0.3 is 23.9 Å². The lowest BCUT2D eigenvalue weighted by molar-refractivity contribution is -0.313. The summed E-state index contributed by atoms with van der Waals surface area (Å²) in [5.41, 5.74) is -7.98. The maximum absolute atomic E-state index is 14.2. The van der Waals surface area contributed by atoms with E-state index >= 15 is 0 Å². The lowest BCUT2D eigenvalue weighted by Gasteiger charge is -2.66. The predicted octanol–water partition coefficient (Wildman–Crippen LogP) is 0.666. The SMILES string of the molecule is C/C=C(\C)C(=O)O[C@H]1C[C@@H](OC(C)=O)[C@@]2(C(=O)OC)CO[C@H]3[C@@H](O)[C@@](C)([C@]45C[C@@]4(C)[C@H]4C[C@@H]5O[C@@H]5OC=C[C@@]54O)[C@H]4[C@]1(CO[C@]4(O)C(=O)OC)[C@@H]32. The Kier molecular flexibility index (Phi) is 7.22. The molecule has 15 heteroatoms. The Hall–Kier alpha value is -3.08. The lowest BCUT2D eigenvalue weighted by atomic mass is 9.37. The van der Waals surface area contributed by atoms with E-state index < -0.39 is 124 Å². The van der Waals surface area contributed by atoms with Gasteiger partial charge in [0.1, 0.15) is 17.6 Å². The number of fused-ring (bicyclic) bond motifs is 7. The van der Waals surface area contributed by atoms with Crippen LogP contribution in [0.5, 0.6) is 0 Å². The summed E-state index contributed by atoms with van der Waals surface area (Å²) in [6.07, 6.45) is -1.78. The van der Waals surface area contributed by atoms with Crippen LogP contribution in [-0.2, 0) is 57.1 Å². The molecule has 1 spiro atoms. The van der Waals surface area contributed by atoms with Gasteiger partial charge in [-0.15, -0.1) is 0 Å². The minimum absolute atomic E-state index is 0.249. The maximum Gasteiger partial charge on any atom is 0.366 e. The third-order valence-electron chi connectivity index (χ3n) is 15.0. The first kappa shape index (κ1) is 35.0. The smallest absolute Gasteiger partial charge is 0.366 e. The molecule has 4 saturated carbocycles. The number of allylic oxidation sites excluding steroid dienone is 1. The van der Waals surface area contributed by atoms with E-state index in [1.807, 2.05) is 6.92 Å². The quantitative estimate of drug-likeness (QED) is 0.196. The number of methoxy groups -OCH3 is 2. The van der Waals surface area contributed by atoms with Gasteiger partial charge in [0.15, 0.2) is 5.60 Å². The molecule has 0 aromatic heterocycles. The fourth-order valence-electron chi connectivity index (χ4n) is 13.0. The molecular weight excluding hydrogens is 672 g/mol. The van der Waals surface area contributed by atoms with Crippen LogP contribution in [0.15, 0.2) is 24.0 Å². The first-order valence-corrected chi connectivity index (χ1v) is 17.5. The van der Waals surface area contributed by atoms with Crippen LogP contribution in [0, 0.1) is 44.8 Å². The Balaban J connectivity index is 1.40. The molecule has 0 unspecified atom stereocenters. The Morgan fingerprint density at radius 2 is 1.67 bits per heavy atom. The summed E-state index contributed by atoms with van der Waals surface area (Å²) in [5, 5.41) is 37.7. The number of carbonyl (C=O) groups excluding carboxylic acids is 4. The highest BCUT2D eigenvalue weighted by Gasteiger charge is 2.95. The average molecular weight is 719 g/mol. The van der Waals surface area contributed by atoms with Crippen molar-refractivity contribution in [1.29, 1.82) is 0 Å². The number of aliphatic hydroxyl groups excluding tert-OH is 1. The van der Waals surface area contributed by atoms with Gasteiger partial charge in [-0.2, -0.15) is 0 Å². The van der Waals surface area contributed by atoms with Crippen molar-refractivity contribution in [2.45, 2.75) is 102 Å². The molecule has 4 heterocycles. The van der Waals surface area contributed by atoms with Crippen molar-refractivity contribution in [3.63, 3.8) is 0 Å². The summed E-state index contributed by atoms with van der Waals surface area (Å²) in [7, 11) is 2.28. The number of aliphatic hydroxyl groups is 3. The molecule has 0 radical (unpaired) electrons. The molecule has 16 atom stereocenters. The average Bonchev–Trinajstić information content (AvgIpc) is 3.47. The van der Waals surface area contributed by atoms with E-state index in [4.69, 9.17) is 37.9 Å². The fraction of sp³-hybridized carbons (Fsp3) is 0.778. The molecule has 0 aromatic carbocycles. The highest BCUT2D eigenvalue weighted by atomic mass is 16.7. The van der Waals surface area contributed by atoms with Crippen LogP contribution in [0.2, 0.25) is 0 Å². The fourth-order valence-corrected chi connectivity index (χ4v) is 13.0. The Bertz CT molecular complexity index is 1660. The van der Waals surface area contributed by atoms with Crippen LogP contribution >= 0.6 is 0 Å². The number of hydrogen-bond acceptors (Lipinski definition) is 15. The molecule has 3 N–H and O–H groups in total. The van der Waals surface area contributed by atoms with Crippen LogP contribution in [0.1, 0.15) is 53.9 Å². The molecular formula is C36H46O15. The zero-order chi connectivity index (χ0) is 36.9. The molecule has 51 heavy (non-hydrogen) atoms. The van der Waals surface area contributed by atoms with Gasteiger partial charge < -0.3 is 53.2 Å². The zero-order valence-electron chi connectivity index (χ0n) is 29.7. The van der Waals surface area contributed by atoms with E-state index in [0.29, 0.717) is 12.8 Å². The number of ether oxygens (including phenoxy) is 8. The molecule has 8 aliphatic rings. The summed E-state index contributed by atoms with van der Waals surface area (Å²) >= 11 is 0. The topological polar surface area (TPSA) is 203 Å². The van der Waals surface area contributed by atoms with Gasteiger partial charge in [0.05, 0.1) is 52.0 Å². The molecule has 4 aliphatic heterocycles. The minimum atomic E-state index is -2.74. The number of hydrogen-bond donors (Lipinski definition) is 3. The summed E-state index contributed by atoms with van der Waals surface area (Å²) in [5.74, 6) is -9.14. The number of esters is 4. The third-order valence-corrected chi connectivity index (χ3v) is 15.0. The van der Waals surface area contributed by atoms with Crippen LogP contribution in [0.4, 0.5) is 0 Å². The first-order valence-electron chi connectivity index (χ1n) is 17.5. The van der Waals surface area contributed by atoms with Gasteiger partial charge in [0.2, 0.25) is 6.29 Å². The molecule has 2 bridgehead atoms. The van der Waals surface area contributed by atoms with Crippen molar-refractivity contribution in [2.24, 2.45) is 44.8 Å². The maximum atomic E-state index is 14.2. The van der Waals surface area contributed by atoms with E-state index in [1.165, 1.54) is 20.3 Å². The zero-order valence-corrected chi connectivity index (χ0v) is 29.7. The monoisotopic (exact) mass is 718 g/mol. The van der Waals surface area contributed by atoms with Gasteiger partial charge in [-0.1, -0.05) is 19.9 Å². The Labute approximate surface area is 294 Å². The van der Waals surface area contributed by atoms with Crippen LogP contribution < -0.4 is 0 Å². The van der Waals surface area contributed by atoms with E-state index in [-0.39, 0.29) is 18.6 Å². The first-order chi connectivity index (χ1) is 23.9. The van der Waals surface area contributed by atoms with Gasteiger partial charge in [-0.05, 0) is 38.2 Å². The minimum Gasteiger partial charge on any atom is -0.469 e. The predicted molar refractivity (Wildman–Crippen MR) is 167 cm³/mol. The van der Waals surface area contributed by atoms with E-state index in [1.54, 1.807) is 32.9 Å². The number of carbonyl (C=O) groups is 4. The standard InChI is InChI=1S/C36H46O15/c1-8-16(2)25(39)50-19-12-20(49-17(3)37)33(27(40)44-6)14-47-22-23(33)32(19)15-48-36(43,28(41)45-7)26(32)31(5,24(22)38)35-13-30(35,4)18-11-21(35)51-29-34(18,42)9-10-46-29/h8-10,18-24,26,29,38,42-43H,11-15H2,1-7H3/b16-8+/t18-,19+,20-,21+,22-,23-,24-,26+,29+,30+,31-,32+,33+,34+,35+,36+/m1/s1. The van der Waals surface area contributed by atoms with Crippen molar-refractivity contribution >= 4 is 23.9 Å². The van der Waals surface area contributed by atoms with Gasteiger partial charge in [-0.3, -0.25) is 9.59 Å². The van der Waals surface area contributed by atoms with Crippen molar-refractivity contribution < 1.29 is 72.4 Å². The van der Waals surface area contributed by atoms with Crippen LogP contribution in [0.3, 0.4) is 0 Å². The highest BCUT2D eigenvalue weighted by Crippen LogP contribution is 2.90. The normalized spacial score (nSPS) is 53.9. The van der Waals surface area contributed by atoms with Gasteiger partial charge in [-0.25, -0.2) is 9.59 Å². The lowest BCUT2D eigenvalue weighted by Crippen LogP contribution is -2.78. The molecule has 7 fully saturated rings. The van der Waals surface area contributed by atoms with Gasteiger partial charge in [0, 0.05) is 52.9 Å². The molecule has 8 rings (SSSR count). The molecule has 280 valence electrons.